The van der Waals surface area contributed by atoms with E-state index in [1.807, 2.05) is 18.7 Å². The number of nitrogens with two attached hydrogens (primary N) is 1. The molecule has 94 valence electrons. The molecule has 1 aliphatic heterocycles. The number of nitrogens with zero attached hydrogens (tertiary/aromatic N) is 1. The lowest BCUT2D eigenvalue weighted by molar-refractivity contribution is -0.140. The van der Waals surface area contributed by atoms with Crippen LogP contribution in [0, 0.1) is 5.41 Å². The predicted molar refractivity (Wildman–Crippen MR) is 67.1 cm³/mol. The van der Waals surface area contributed by atoms with Crippen LogP contribution in [-0.2, 0) is 4.79 Å². The van der Waals surface area contributed by atoms with Gasteiger partial charge in [0.25, 0.3) is 0 Å². The summed E-state index contributed by atoms with van der Waals surface area (Å²) < 4.78 is 0. The topological polar surface area (TPSA) is 46.3 Å². The fraction of sp³-hybridized carbons (Fsp3) is 0.923. The summed E-state index contributed by atoms with van der Waals surface area (Å²) in [7, 11) is 0. The van der Waals surface area contributed by atoms with Crippen molar-refractivity contribution >= 4 is 5.91 Å². The van der Waals surface area contributed by atoms with Gasteiger partial charge < -0.3 is 10.6 Å². The van der Waals surface area contributed by atoms with Gasteiger partial charge in [0.05, 0.1) is 5.54 Å². The van der Waals surface area contributed by atoms with Gasteiger partial charge in [-0.1, -0.05) is 27.7 Å². The second-order valence-electron chi connectivity index (χ2n) is 5.86. The van der Waals surface area contributed by atoms with Crippen LogP contribution in [0.5, 0.6) is 0 Å². The van der Waals surface area contributed by atoms with E-state index in [4.69, 9.17) is 5.73 Å². The summed E-state index contributed by atoms with van der Waals surface area (Å²) in [6, 6.07) is 0. The highest BCUT2D eigenvalue weighted by molar-refractivity contribution is 5.86. The Balaban J connectivity index is 2.74. The van der Waals surface area contributed by atoms with E-state index in [-0.39, 0.29) is 11.3 Å². The van der Waals surface area contributed by atoms with E-state index in [2.05, 4.69) is 13.8 Å². The van der Waals surface area contributed by atoms with Crippen molar-refractivity contribution in [2.24, 2.45) is 11.1 Å². The van der Waals surface area contributed by atoms with Crippen LogP contribution in [0.3, 0.4) is 0 Å². The number of carbonyl (C=O) groups excluding carboxylic acids is 1. The van der Waals surface area contributed by atoms with Gasteiger partial charge in [-0.15, -0.1) is 0 Å². The Morgan fingerprint density at radius 2 is 1.94 bits per heavy atom. The molecule has 0 aromatic heterocycles. The van der Waals surface area contributed by atoms with Gasteiger partial charge in [0.2, 0.25) is 5.91 Å². The highest BCUT2D eigenvalue weighted by Gasteiger charge is 2.37. The Morgan fingerprint density at radius 1 is 1.38 bits per heavy atom. The molecule has 0 aromatic rings. The monoisotopic (exact) mass is 226 g/mol. The molecule has 0 aliphatic carbocycles. The maximum atomic E-state index is 12.4. The number of piperidine rings is 1. The summed E-state index contributed by atoms with van der Waals surface area (Å²) >= 11 is 0. The van der Waals surface area contributed by atoms with Crippen LogP contribution in [0.4, 0.5) is 0 Å². The molecule has 3 heteroatoms. The average Bonchev–Trinajstić information content (AvgIpc) is 2.25. The highest BCUT2D eigenvalue weighted by atomic mass is 16.2. The van der Waals surface area contributed by atoms with Crippen molar-refractivity contribution < 1.29 is 4.79 Å². The Labute approximate surface area is 99.4 Å². The zero-order valence-corrected chi connectivity index (χ0v) is 11.2. The Kier molecular flexibility index (Phi) is 4.00. The molecule has 1 saturated heterocycles. The minimum absolute atomic E-state index is 0.144. The molecule has 1 amide bonds. The molecule has 0 saturated carbocycles. The molecule has 1 heterocycles. The molecule has 3 nitrogen and oxygen atoms in total. The third-order valence-corrected chi connectivity index (χ3v) is 3.88. The third-order valence-electron chi connectivity index (χ3n) is 3.88. The molecule has 0 spiro atoms. The highest BCUT2D eigenvalue weighted by Crippen LogP contribution is 2.30. The van der Waals surface area contributed by atoms with Crippen LogP contribution < -0.4 is 5.73 Å². The van der Waals surface area contributed by atoms with Gasteiger partial charge >= 0.3 is 0 Å². The molecule has 0 unspecified atom stereocenters. The van der Waals surface area contributed by atoms with E-state index in [9.17, 15) is 4.79 Å². The maximum absolute atomic E-state index is 12.4. The van der Waals surface area contributed by atoms with Crippen molar-refractivity contribution in [2.45, 2.75) is 58.9 Å². The standard InChI is InChI=1S/C13H26N2O/c1-5-13(14,6-2)11(16)15-9-7-8-12(3,4)10-15/h5-10,14H2,1-4H3. The zero-order chi connectivity index (χ0) is 12.4. The van der Waals surface area contributed by atoms with Crippen LogP contribution in [0.25, 0.3) is 0 Å². The first kappa shape index (κ1) is 13.5. The van der Waals surface area contributed by atoms with Crippen molar-refractivity contribution in [3.63, 3.8) is 0 Å². The molecular formula is C13H26N2O. The summed E-state index contributed by atoms with van der Waals surface area (Å²) in [6.07, 6.45) is 3.74. The van der Waals surface area contributed by atoms with Crippen LogP contribution in [0.1, 0.15) is 53.4 Å². The number of amides is 1. The Bertz CT molecular complexity index is 257. The summed E-state index contributed by atoms with van der Waals surface area (Å²) in [4.78, 5) is 14.3. The molecule has 1 fully saturated rings. The SMILES string of the molecule is CCC(N)(CC)C(=O)N1CCCC(C)(C)C1. The molecule has 16 heavy (non-hydrogen) atoms. The first-order valence-electron chi connectivity index (χ1n) is 6.43. The summed E-state index contributed by atoms with van der Waals surface area (Å²) in [6.45, 7) is 10.2. The summed E-state index contributed by atoms with van der Waals surface area (Å²) in [5.41, 5.74) is 5.77. The van der Waals surface area contributed by atoms with E-state index in [0.29, 0.717) is 0 Å². The lowest BCUT2D eigenvalue weighted by atomic mass is 9.82. The van der Waals surface area contributed by atoms with E-state index in [1.165, 1.54) is 6.42 Å². The molecule has 1 aliphatic rings. The molecule has 0 bridgehead atoms. The molecule has 0 radical (unpaired) electrons. The van der Waals surface area contributed by atoms with Crippen molar-refractivity contribution in [3.8, 4) is 0 Å². The smallest absolute Gasteiger partial charge is 0.242 e. The van der Waals surface area contributed by atoms with Crippen LogP contribution in [-0.4, -0.2) is 29.4 Å². The normalized spacial score (nSPS) is 20.9. The number of rotatable bonds is 3. The second-order valence-corrected chi connectivity index (χ2v) is 5.86. The second kappa shape index (κ2) is 4.74. The van der Waals surface area contributed by atoms with Gasteiger partial charge in [-0.3, -0.25) is 4.79 Å². The molecule has 2 N–H and O–H groups in total. The van der Waals surface area contributed by atoms with E-state index in [0.717, 1.165) is 32.4 Å². The fourth-order valence-electron chi connectivity index (χ4n) is 2.46. The summed E-state index contributed by atoms with van der Waals surface area (Å²) in [5, 5.41) is 0. The zero-order valence-electron chi connectivity index (χ0n) is 11.2. The van der Waals surface area contributed by atoms with Crippen molar-refractivity contribution in [1.82, 2.24) is 4.90 Å². The summed E-state index contributed by atoms with van der Waals surface area (Å²) in [5.74, 6) is 0.144. The van der Waals surface area contributed by atoms with Crippen molar-refractivity contribution in [3.05, 3.63) is 0 Å². The van der Waals surface area contributed by atoms with Gasteiger partial charge in [-0.2, -0.15) is 0 Å². The Morgan fingerprint density at radius 3 is 2.38 bits per heavy atom. The predicted octanol–water partition coefficient (Wildman–Crippen LogP) is 2.15. The molecule has 0 atom stereocenters. The first-order chi connectivity index (χ1) is 7.34. The van der Waals surface area contributed by atoms with Crippen molar-refractivity contribution in [1.29, 1.82) is 0 Å². The minimum Gasteiger partial charge on any atom is -0.341 e. The number of hydrogen-bond acceptors (Lipinski definition) is 2. The van der Waals surface area contributed by atoms with E-state index in [1.54, 1.807) is 0 Å². The minimum atomic E-state index is -0.645. The fourth-order valence-corrected chi connectivity index (χ4v) is 2.46. The maximum Gasteiger partial charge on any atom is 0.242 e. The van der Waals surface area contributed by atoms with Crippen LogP contribution >= 0.6 is 0 Å². The number of hydrogen-bond donors (Lipinski definition) is 1. The first-order valence-corrected chi connectivity index (χ1v) is 6.43. The van der Waals surface area contributed by atoms with E-state index >= 15 is 0 Å². The quantitative estimate of drug-likeness (QED) is 0.801. The van der Waals surface area contributed by atoms with Crippen LogP contribution in [0.2, 0.25) is 0 Å². The average molecular weight is 226 g/mol. The lowest BCUT2D eigenvalue weighted by Crippen LogP contribution is -2.57. The molecular weight excluding hydrogens is 200 g/mol. The van der Waals surface area contributed by atoms with Gasteiger partial charge in [-0.25, -0.2) is 0 Å². The van der Waals surface area contributed by atoms with Gasteiger partial charge in [-0.05, 0) is 31.1 Å². The molecule has 0 aromatic carbocycles. The number of carbonyl (C=O) groups is 1. The van der Waals surface area contributed by atoms with Gasteiger partial charge in [0.15, 0.2) is 0 Å². The van der Waals surface area contributed by atoms with Gasteiger partial charge in [0, 0.05) is 13.1 Å². The number of likely N-dealkylation sites (tertiary alicyclic amines) is 1. The molecule has 1 rings (SSSR count). The van der Waals surface area contributed by atoms with Crippen LogP contribution in [0.15, 0.2) is 0 Å². The third kappa shape index (κ3) is 2.76. The Hall–Kier alpha value is -0.570. The largest absolute Gasteiger partial charge is 0.341 e. The lowest BCUT2D eigenvalue weighted by Gasteiger charge is -2.41. The van der Waals surface area contributed by atoms with Gasteiger partial charge in [0.1, 0.15) is 0 Å². The van der Waals surface area contributed by atoms with E-state index < -0.39 is 5.54 Å². The van der Waals surface area contributed by atoms with Crippen molar-refractivity contribution in [2.75, 3.05) is 13.1 Å².